The molecule has 5 heteroatoms. The average molecular weight is 288 g/mol. The Morgan fingerprint density at radius 1 is 1.21 bits per heavy atom. The molecule has 1 saturated heterocycles. The van der Waals surface area contributed by atoms with Gasteiger partial charge in [-0.2, -0.15) is 0 Å². The Hall–Kier alpha value is -0.130. The Bertz CT molecular complexity index is 360. The lowest BCUT2D eigenvalue weighted by Crippen LogP contribution is -2.41. The smallest absolute Gasteiger partial charge is 0.151 e. The molecule has 0 amide bonds. The Balaban J connectivity index is 1.79. The van der Waals surface area contributed by atoms with E-state index in [1.807, 2.05) is 6.92 Å². The van der Waals surface area contributed by atoms with Crippen molar-refractivity contribution in [3.05, 3.63) is 0 Å². The van der Waals surface area contributed by atoms with E-state index in [-0.39, 0.29) is 0 Å². The van der Waals surface area contributed by atoms with Crippen molar-refractivity contribution in [1.82, 2.24) is 10.2 Å². The van der Waals surface area contributed by atoms with Crippen molar-refractivity contribution in [1.29, 1.82) is 0 Å². The van der Waals surface area contributed by atoms with E-state index in [1.54, 1.807) is 0 Å². The molecule has 19 heavy (non-hydrogen) atoms. The fourth-order valence-corrected chi connectivity index (χ4v) is 4.28. The zero-order chi connectivity index (χ0) is 13.7. The molecule has 2 aliphatic rings. The third kappa shape index (κ3) is 5.40. The summed E-state index contributed by atoms with van der Waals surface area (Å²) in [6.45, 7) is 6.00. The summed E-state index contributed by atoms with van der Waals surface area (Å²) in [7, 11) is -2.83. The molecule has 2 rings (SSSR count). The van der Waals surface area contributed by atoms with E-state index < -0.39 is 9.84 Å². The van der Waals surface area contributed by atoms with Gasteiger partial charge in [-0.1, -0.05) is 6.92 Å². The highest BCUT2D eigenvalue weighted by atomic mass is 32.2. The van der Waals surface area contributed by atoms with Gasteiger partial charge in [-0.25, -0.2) is 8.42 Å². The predicted octanol–water partition coefficient (Wildman–Crippen LogP) is 1.28. The van der Waals surface area contributed by atoms with Crippen LogP contribution in [0.1, 0.15) is 39.0 Å². The van der Waals surface area contributed by atoms with Crippen LogP contribution in [0.4, 0.5) is 0 Å². The molecule has 2 fully saturated rings. The topological polar surface area (TPSA) is 49.4 Å². The summed E-state index contributed by atoms with van der Waals surface area (Å²) in [6, 6.07) is 0.666. The van der Waals surface area contributed by atoms with Crippen molar-refractivity contribution in [3.63, 3.8) is 0 Å². The van der Waals surface area contributed by atoms with Crippen molar-refractivity contribution in [2.45, 2.75) is 45.1 Å². The van der Waals surface area contributed by atoms with Crippen LogP contribution in [0.15, 0.2) is 0 Å². The number of nitrogens with one attached hydrogen (secondary N) is 1. The van der Waals surface area contributed by atoms with Gasteiger partial charge < -0.3 is 5.32 Å². The molecule has 0 aromatic carbocycles. The van der Waals surface area contributed by atoms with Gasteiger partial charge in [-0.05, 0) is 51.1 Å². The first-order valence-corrected chi connectivity index (χ1v) is 9.58. The molecule has 1 heterocycles. The number of piperidine rings is 1. The minimum Gasteiger partial charge on any atom is -0.316 e. The molecular formula is C14H28N2O2S. The summed E-state index contributed by atoms with van der Waals surface area (Å²) in [5.41, 5.74) is 0. The summed E-state index contributed by atoms with van der Waals surface area (Å²) < 4.78 is 23.7. The van der Waals surface area contributed by atoms with E-state index in [0.29, 0.717) is 23.5 Å². The molecule has 1 N–H and O–H groups in total. The first-order valence-electron chi connectivity index (χ1n) is 7.76. The minimum absolute atomic E-state index is 0.344. The van der Waals surface area contributed by atoms with Crippen LogP contribution in [0.3, 0.4) is 0 Å². The Morgan fingerprint density at radius 3 is 2.58 bits per heavy atom. The number of nitrogens with zero attached hydrogens (tertiary/aromatic N) is 1. The monoisotopic (exact) mass is 288 g/mol. The number of hydrogen-bond donors (Lipinski definition) is 1. The maximum Gasteiger partial charge on any atom is 0.151 e. The van der Waals surface area contributed by atoms with Crippen LogP contribution < -0.4 is 5.32 Å². The Morgan fingerprint density at radius 2 is 2.00 bits per heavy atom. The normalized spacial score (nSPS) is 24.8. The molecule has 1 aliphatic carbocycles. The third-order valence-electron chi connectivity index (χ3n) is 4.16. The molecule has 112 valence electrons. The van der Waals surface area contributed by atoms with Crippen LogP contribution in [0, 0.1) is 5.92 Å². The highest BCUT2D eigenvalue weighted by molar-refractivity contribution is 7.91. The molecule has 0 bridgehead atoms. The second-order valence-electron chi connectivity index (χ2n) is 6.09. The van der Waals surface area contributed by atoms with Gasteiger partial charge in [0.05, 0.1) is 5.75 Å². The fourth-order valence-electron chi connectivity index (χ4n) is 2.94. The standard InChI is InChI=1S/C14H28N2O2S/c1-2-9-19(17,18)10-8-16(14-5-6-14)12-13-4-3-7-15-11-13/h13-15H,2-12H2,1H3. The first kappa shape index (κ1) is 15.3. The lowest BCUT2D eigenvalue weighted by molar-refractivity contribution is 0.209. The number of rotatable bonds is 8. The van der Waals surface area contributed by atoms with Gasteiger partial charge in [-0.3, -0.25) is 4.90 Å². The second-order valence-corrected chi connectivity index (χ2v) is 8.39. The van der Waals surface area contributed by atoms with Crippen LogP contribution in [-0.4, -0.2) is 57.0 Å². The van der Waals surface area contributed by atoms with Gasteiger partial charge in [0, 0.05) is 24.9 Å². The van der Waals surface area contributed by atoms with Gasteiger partial charge in [0.25, 0.3) is 0 Å². The van der Waals surface area contributed by atoms with Gasteiger partial charge >= 0.3 is 0 Å². The van der Waals surface area contributed by atoms with Crippen molar-refractivity contribution >= 4 is 9.84 Å². The molecule has 0 radical (unpaired) electrons. The van der Waals surface area contributed by atoms with Crippen molar-refractivity contribution < 1.29 is 8.42 Å². The third-order valence-corrected chi connectivity index (χ3v) is 5.99. The molecular weight excluding hydrogens is 260 g/mol. The number of hydrogen-bond acceptors (Lipinski definition) is 4. The molecule has 4 nitrogen and oxygen atoms in total. The quantitative estimate of drug-likeness (QED) is 0.731. The Kier molecular flexibility index (Phi) is 5.66. The lowest BCUT2D eigenvalue weighted by Gasteiger charge is -2.30. The van der Waals surface area contributed by atoms with Gasteiger partial charge in [0.2, 0.25) is 0 Å². The van der Waals surface area contributed by atoms with Crippen molar-refractivity contribution in [3.8, 4) is 0 Å². The van der Waals surface area contributed by atoms with E-state index in [1.165, 1.54) is 25.7 Å². The summed E-state index contributed by atoms with van der Waals surface area (Å²) >= 11 is 0. The van der Waals surface area contributed by atoms with Crippen LogP contribution in [0.2, 0.25) is 0 Å². The van der Waals surface area contributed by atoms with E-state index in [2.05, 4.69) is 10.2 Å². The summed E-state index contributed by atoms with van der Waals surface area (Å²) in [4.78, 5) is 2.44. The van der Waals surface area contributed by atoms with Crippen LogP contribution in [0.25, 0.3) is 0 Å². The zero-order valence-corrected chi connectivity index (χ0v) is 12.9. The van der Waals surface area contributed by atoms with Crippen molar-refractivity contribution in [2.24, 2.45) is 5.92 Å². The zero-order valence-electron chi connectivity index (χ0n) is 12.1. The van der Waals surface area contributed by atoms with Crippen LogP contribution in [0.5, 0.6) is 0 Å². The summed E-state index contributed by atoms with van der Waals surface area (Å²) in [5, 5.41) is 3.45. The SMILES string of the molecule is CCCS(=O)(=O)CCN(CC1CCCNC1)C1CC1. The van der Waals surface area contributed by atoms with E-state index in [4.69, 9.17) is 0 Å². The molecule has 1 atom stereocenters. The van der Waals surface area contributed by atoms with Gasteiger partial charge in [0.1, 0.15) is 0 Å². The predicted molar refractivity (Wildman–Crippen MR) is 79.1 cm³/mol. The fraction of sp³-hybridized carbons (Fsp3) is 1.00. The lowest BCUT2D eigenvalue weighted by atomic mass is 9.99. The highest BCUT2D eigenvalue weighted by Crippen LogP contribution is 2.28. The van der Waals surface area contributed by atoms with Gasteiger partial charge in [0.15, 0.2) is 9.84 Å². The minimum atomic E-state index is -2.83. The summed E-state index contributed by atoms with van der Waals surface area (Å²) in [5.74, 6) is 1.40. The molecule has 0 spiro atoms. The van der Waals surface area contributed by atoms with Crippen molar-refractivity contribution in [2.75, 3.05) is 37.7 Å². The maximum absolute atomic E-state index is 11.8. The number of sulfone groups is 1. The summed E-state index contributed by atoms with van der Waals surface area (Å²) in [6.07, 6.45) is 5.80. The Labute approximate surface area is 117 Å². The molecule has 0 aromatic heterocycles. The first-order chi connectivity index (χ1) is 9.11. The van der Waals surface area contributed by atoms with E-state index >= 15 is 0 Å². The molecule has 1 aliphatic heterocycles. The largest absolute Gasteiger partial charge is 0.316 e. The highest BCUT2D eigenvalue weighted by Gasteiger charge is 2.31. The van der Waals surface area contributed by atoms with Crippen LogP contribution in [-0.2, 0) is 9.84 Å². The maximum atomic E-state index is 11.8. The molecule has 1 saturated carbocycles. The van der Waals surface area contributed by atoms with Crippen LogP contribution >= 0.6 is 0 Å². The van der Waals surface area contributed by atoms with E-state index in [9.17, 15) is 8.42 Å². The second kappa shape index (κ2) is 7.04. The van der Waals surface area contributed by atoms with E-state index in [0.717, 1.165) is 32.6 Å². The molecule has 0 aromatic rings. The molecule has 1 unspecified atom stereocenters. The average Bonchev–Trinajstić information content (AvgIpc) is 3.20. The van der Waals surface area contributed by atoms with Gasteiger partial charge in [-0.15, -0.1) is 0 Å².